The summed E-state index contributed by atoms with van der Waals surface area (Å²) in [6.45, 7) is 0. The van der Waals surface area contributed by atoms with E-state index in [1.165, 1.54) is 19.1 Å². The Labute approximate surface area is 86.0 Å². The van der Waals surface area contributed by atoms with Gasteiger partial charge in [-0.25, -0.2) is 0 Å². The molecule has 0 amide bonds. The van der Waals surface area contributed by atoms with Gasteiger partial charge in [-0.3, -0.25) is 4.18 Å². The average molecular weight is 218 g/mol. The molecule has 0 aliphatic heterocycles. The van der Waals surface area contributed by atoms with Gasteiger partial charge in [0.1, 0.15) is 0 Å². The third-order valence-electron chi connectivity index (χ3n) is 3.48. The Balaban J connectivity index is 2.13. The molecule has 2 fully saturated rings. The number of fused-ring (bicyclic) bond motifs is 2. The first kappa shape index (κ1) is 10.4. The Morgan fingerprint density at radius 2 is 1.79 bits per heavy atom. The maximum Gasteiger partial charge on any atom is 0.264 e. The van der Waals surface area contributed by atoms with Gasteiger partial charge < -0.3 is 0 Å². The van der Waals surface area contributed by atoms with E-state index in [4.69, 9.17) is 4.18 Å². The van der Waals surface area contributed by atoms with Crippen LogP contribution in [0, 0.1) is 5.92 Å². The van der Waals surface area contributed by atoms with Crippen LogP contribution in [0.5, 0.6) is 0 Å². The summed E-state index contributed by atoms with van der Waals surface area (Å²) in [4.78, 5) is 0. The molecule has 2 rings (SSSR count). The van der Waals surface area contributed by atoms with Crippen molar-refractivity contribution >= 4 is 10.1 Å². The first-order valence-corrected chi connectivity index (χ1v) is 7.21. The molecule has 0 aromatic carbocycles. The van der Waals surface area contributed by atoms with E-state index in [9.17, 15) is 8.42 Å². The van der Waals surface area contributed by atoms with E-state index < -0.39 is 10.1 Å². The second-order valence-corrected chi connectivity index (χ2v) is 6.40. The van der Waals surface area contributed by atoms with Gasteiger partial charge in [0.15, 0.2) is 0 Å². The second-order valence-electron chi connectivity index (χ2n) is 4.83. The highest BCUT2D eigenvalue weighted by atomic mass is 32.2. The van der Waals surface area contributed by atoms with Gasteiger partial charge in [-0.05, 0) is 25.2 Å². The number of rotatable bonds is 2. The van der Waals surface area contributed by atoms with Crippen molar-refractivity contribution in [2.45, 2.75) is 50.5 Å². The number of hydrogen-bond acceptors (Lipinski definition) is 3. The van der Waals surface area contributed by atoms with Crippen LogP contribution in [0.25, 0.3) is 0 Å². The smallest absolute Gasteiger partial charge is 0.264 e. The molecule has 0 N–H and O–H groups in total. The molecule has 0 saturated heterocycles. The van der Waals surface area contributed by atoms with E-state index >= 15 is 0 Å². The molecule has 2 saturated carbocycles. The van der Waals surface area contributed by atoms with Crippen molar-refractivity contribution in [2.24, 2.45) is 5.92 Å². The summed E-state index contributed by atoms with van der Waals surface area (Å²) >= 11 is 0. The lowest BCUT2D eigenvalue weighted by atomic mass is 9.69. The van der Waals surface area contributed by atoms with Gasteiger partial charge in [0.05, 0.1) is 11.9 Å². The molecule has 0 radical (unpaired) electrons. The van der Waals surface area contributed by atoms with E-state index in [1.54, 1.807) is 0 Å². The quantitative estimate of drug-likeness (QED) is 0.666. The van der Waals surface area contributed by atoms with Crippen LogP contribution in [-0.2, 0) is 14.3 Å². The summed E-state index contributed by atoms with van der Waals surface area (Å²) in [5.41, 5.74) is -0.325. The van der Waals surface area contributed by atoms with E-state index in [0.717, 1.165) is 32.1 Å². The Morgan fingerprint density at radius 1 is 1.21 bits per heavy atom. The lowest BCUT2D eigenvalue weighted by molar-refractivity contribution is -0.0187. The van der Waals surface area contributed by atoms with Gasteiger partial charge in [0.2, 0.25) is 0 Å². The molecule has 82 valence electrons. The second kappa shape index (κ2) is 3.49. The largest absolute Gasteiger partial charge is 0.264 e. The third kappa shape index (κ3) is 2.28. The molecule has 4 heteroatoms. The van der Waals surface area contributed by atoms with Crippen LogP contribution in [0.4, 0.5) is 0 Å². The maximum atomic E-state index is 11.2. The van der Waals surface area contributed by atoms with Crippen LogP contribution in [0.3, 0.4) is 0 Å². The highest BCUT2D eigenvalue weighted by Gasteiger charge is 2.42. The topological polar surface area (TPSA) is 43.4 Å². The predicted molar refractivity (Wildman–Crippen MR) is 54.5 cm³/mol. The molecule has 2 aliphatic rings. The summed E-state index contributed by atoms with van der Waals surface area (Å²) in [6.07, 6.45) is 8.75. The molecule has 14 heavy (non-hydrogen) atoms. The molecule has 0 aromatic heterocycles. The third-order valence-corrected chi connectivity index (χ3v) is 4.13. The van der Waals surface area contributed by atoms with Crippen LogP contribution in [0.2, 0.25) is 0 Å². The van der Waals surface area contributed by atoms with Gasteiger partial charge in [-0.15, -0.1) is 0 Å². The molecular formula is C10H18O3S. The summed E-state index contributed by atoms with van der Waals surface area (Å²) in [5.74, 6) is 0.708. The predicted octanol–water partition coefficient (Wildman–Crippen LogP) is 2.08. The summed E-state index contributed by atoms with van der Waals surface area (Å²) in [7, 11) is -3.28. The molecular weight excluding hydrogens is 200 g/mol. The van der Waals surface area contributed by atoms with Crippen LogP contribution >= 0.6 is 0 Å². The van der Waals surface area contributed by atoms with Gasteiger partial charge >= 0.3 is 0 Å². The maximum absolute atomic E-state index is 11.2. The summed E-state index contributed by atoms with van der Waals surface area (Å²) < 4.78 is 27.7. The minimum Gasteiger partial charge on any atom is -0.264 e. The van der Waals surface area contributed by atoms with E-state index in [-0.39, 0.29) is 5.60 Å². The first-order valence-electron chi connectivity index (χ1n) is 5.40. The Bertz CT molecular complexity index is 297. The zero-order valence-electron chi connectivity index (χ0n) is 8.66. The fourth-order valence-corrected chi connectivity index (χ4v) is 3.94. The SMILES string of the molecule is CS(=O)(=O)OC12CCCC(CCC1)C2. The van der Waals surface area contributed by atoms with Crippen molar-refractivity contribution < 1.29 is 12.6 Å². The standard InChI is InChI=1S/C10H18O3S/c1-14(11,12)13-10-6-2-4-9(8-10)5-3-7-10/h9H,2-8H2,1H3. The van der Waals surface area contributed by atoms with Gasteiger partial charge in [0.25, 0.3) is 10.1 Å². The van der Waals surface area contributed by atoms with E-state index in [2.05, 4.69) is 0 Å². The van der Waals surface area contributed by atoms with E-state index in [1.807, 2.05) is 0 Å². The van der Waals surface area contributed by atoms with Crippen molar-refractivity contribution in [3.8, 4) is 0 Å². The summed E-state index contributed by atoms with van der Waals surface area (Å²) in [5, 5.41) is 0. The highest BCUT2D eigenvalue weighted by Crippen LogP contribution is 2.45. The minimum atomic E-state index is -3.28. The monoisotopic (exact) mass is 218 g/mol. The lowest BCUT2D eigenvalue weighted by Gasteiger charge is -2.43. The van der Waals surface area contributed by atoms with Crippen molar-refractivity contribution in [2.75, 3.05) is 6.26 Å². The normalized spacial score (nSPS) is 38.2. The van der Waals surface area contributed by atoms with E-state index in [0.29, 0.717) is 5.92 Å². The highest BCUT2D eigenvalue weighted by molar-refractivity contribution is 7.86. The molecule has 3 nitrogen and oxygen atoms in total. The van der Waals surface area contributed by atoms with Crippen molar-refractivity contribution in [3.05, 3.63) is 0 Å². The molecule has 0 atom stereocenters. The number of hydrogen-bond donors (Lipinski definition) is 0. The van der Waals surface area contributed by atoms with Crippen LogP contribution < -0.4 is 0 Å². The first-order chi connectivity index (χ1) is 6.49. The zero-order valence-corrected chi connectivity index (χ0v) is 9.48. The summed E-state index contributed by atoms with van der Waals surface area (Å²) in [6, 6.07) is 0. The van der Waals surface area contributed by atoms with Gasteiger partial charge in [-0.1, -0.05) is 25.7 Å². The zero-order chi connectivity index (χ0) is 10.2. The van der Waals surface area contributed by atoms with Crippen LogP contribution in [0.1, 0.15) is 44.9 Å². The Morgan fingerprint density at radius 3 is 2.29 bits per heavy atom. The van der Waals surface area contributed by atoms with Crippen molar-refractivity contribution in [1.82, 2.24) is 0 Å². The van der Waals surface area contributed by atoms with Crippen molar-refractivity contribution in [3.63, 3.8) is 0 Å². The Kier molecular flexibility index (Phi) is 2.60. The van der Waals surface area contributed by atoms with Crippen LogP contribution in [0.15, 0.2) is 0 Å². The molecule has 0 aromatic rings. The average Bonchev–Trinajstić information content (AvgIpc) is 1.99. The lowest BCUT2D eigenvalue weighted by Crippen LogP contribution is -2.42. The van der Waals surface area contributed by atoms with Crippen LogP contribution in [-0.4, -0.2) is 20.3 Å². The molecule has 2 bridgehead atoms. The van der Waals surface area contributed by atoms with Crippen molar-refractivity contribution in [1.29, 1.82) is 0 Å². The fourth-order valence-electron chi connectivity index (χ4n) is 3.07. The van der Waals surface area contributed by atoms with Gasteiger partial charge in [0, 0.05) is 0 Å². The van der Waals surface area contributed by atoms with Gasteiger partial charge in [-0.2, -0.15) is 8.42 Å². The fraction of sp³-hybridized carbons (Fsp3) is 1.00. The molecule has 0 spiro atoms. The Hall–Kier alpha value is -0.0900. The minimum absolute atomic E-state index is 0.325. The molecule has 2 aliphatic carbocycles. The molecule has 0 heterocycles. The molecule has 0 unspecified atom stereocenters.